The van der Waals surface area contributed by atoms with Gasteiger partial charge in [0.15, 0.2) is 0 Å². The van der Waals surface area contributed by atoms with Crippen LogP contribution in [0.1, 0.15) is 72.1 Å². The summed E-state index contributed by atoms with van der Waals surface area (Å²) in [5.41, 5.74) is -1.24. The maximum absolute atomic E-state index is 12.5. The number of nitrogens with one attached hydrogen (secondary N) is 1. The van der Waals surface area contributed by atoms with Gasteiger partial charge in [-0.1, -0.05) is 6.92 Å². The molecule has 11 heteroatoms. The van der Waals surface area contributed by atoms with E-state index in [9.17, 15) is 14.7 Å². The van der Waals surface area contributed by atoms with Crippen LogP contribution in [0.25, 0.3) is 0 Å². The number of aromatic nitrogens is 2. The molecule has 10 nitrogen and oxygen atoms in total. The zero-order valence-corrected chi connectivity index (χ0v) is 22.0. The number of rotatable bonds is 13. The van der Waals surface area contributed by atoms with Crippen molar-refractivity contribution in [1.82, 2.24) is 14.2 Å². The Bertz CT molecular complexity index is 935. The van der Waals surface area contributed by atoms with Gasteiger partial charge in [0, 0.05) is 30.5 Å². The van der Waals surface area contributed by atoms with Crippen molar-refractivity contribution in [1.29, 1.82) is 5.26 Å². The van der Waals surface area contributed by atoms with Gasteiger partial charge in [-0.25, -0.2) is 9.46 Å². The highest BCUT2D eigenvalue weighted by Crippen LogP contribution is 2.50. The molecule has 0 radical (unpaired) electrons. The van der Waals surface area contributed by atoms with Crippen LogP contribution in [-0.2, 0) is 13.8 Å². The Morgan fingerprint density at radius 1 is 1.35 bits per heavy atom. The molecule has 2 rings (SSSR count). The average Bonchev–Trinajstić information content (AvgIpc) is 3.08. The van der Waals surface area contributed by atoms with Gasteiger partial charge in [0.2, 0.25) is 0 Å². The Morgan fingerprint density at radius 2 is 2.03 bits per heavy atom. The molecule has 0 aromatic carbocycles. The highest BCUT2D eigenvalue weighted by molar-refractivity contribution is 7.44. The molecular formula is C23H39N4O6P. The summed E-state index contributed by atoms with van der Waals surface area (Å²) in [6.45, 7) is 12.5. The van der Waals surface area contributed by atoms with Crippen LogP contribution in [0.2, 0.25) is 0 Å². The summed E-state index contributed by atoms with van der Waals surface area (Å²) in [6, 6.07) is 2.43. The highest BCUT2D eigenvalue weighted by atomic mass is 31.2. The first-order valence-corrected chi connectivity index (χ1v) is 13.0. The van der Waals surface area contributed by atoms with Gasteiger partial charge >= 0.3 is 5.69 Å². The fourth-order valence-corrected chi connectivity index (χ4v) is 6.00. The van der Waals surface area contributed by atoms with E-state index in [1.165, 1.54) is 10.8 Å². The molecule has 34 heavy (non-hydrogen) atoms. The van der Waals surface area contributed by atoms with E-state index in [4.69, 9.17) is 19.0 Å². The molecule has 1 unspecified atom stereocenters. The van der Waals surface area contributed by atoms with Crippen LogP contribution < -0.4 is 11.2 Å². The second-order valence-electron chi connectivity index (χ2n) is 9.40. The molecule has 0 amide bonds. The number of hydrogen-bond acceptors (Lipinski definition) is 8. The van der Waals surface area contributed by atoms with Crippen molar-refractivity contribution in [2.75, 3.05) is 19.8 Å². The van der Waals surface area contributed by atoms with Crippen LogP contribution in [0.15, 0.2) is 15.8 Å². The lowest BCUT2D eigenvalue weighted by molar-refractivity contribution is -0.114. The third-order valence-electron chi connectivity index (χ3n) is 6.12. The Balaban J connectivity index is 2.30. The number of aryl methyl sites for hydroxylation is 1. The van der Waals surface area contributed by atoms with Crippen LogP contribution in [0.5, 0.6) is 0 Å². The Hall–Kier alpha value is -1.60. The third kappa shape index (κ3) is 6.97. The van der Waals surface area contributed by atoms with Crippen LogP contribution >= 0.6 is 8.53 Å². The monoisotopic (exact) mass is 498 g/mol. The van der Waals surface area contributed by atoms with Crippen molar-refractivity contribution in [3.63, 3.8) is 0 Å². The first kappa shape index (κ1) is 28.6. The number of nitrogens with zero attached hydrogens (tertiary/aromatic N) is 3. The summed E-state index contributed by atoms with van der Waals surface area (Å²) in [5.74, 6) is 0.0192. The van der Waals surface area contributed by atoms with Crippen molar-refractivity contribution in [2.45, 2.75) is 91.1 Å². The summed E-state index contributed by atoms with van der Waals surface area (Å²) in [4.78, 5) is 26.6. The molecule has 2 heterocycles. The first-order valence-electron chi connectivity index (χ1n) is 11.9. The lowest BCUT2D eigenvalue weighted by atomic mass is 9.85. The molecule has 1 aromatic rings. The molecular weight excluding hydrogens is 459 g/mol. The van der Waals surface area contributed by atoms with Gasteiger partial charge < -0.3 is 18.9 Å². The molecule has 0 aliphatic carbocycles. The minimum Gasteiger partial charge on any atom is -0.396 e. The van der Waals surface area contributed by atoms with Gasteiger partial charge in [-0.05, 0) is 59.8 Å². The number of aliphatic hydroxyl groups excluding tert-OH is 1. The standard InChI is InChI=1S/C23H39N4O6P/c1-16(2)27(17(3)4)34(31-12-8-10-24)32-15-23(9-7-11-28)19(6)13-20(33-23)26-14-18(5)21(29)25-22(26)30/h14,16-17,19-20,28H,7-9,11-13,15H2,1-6H3,(H,25,29,30)/t19-,20+,23+,34?/m0/s1. The zero-order valence-electron chi connectivity index (χ0n) is 21.1. The van der Waals surface area contributed by atoms with E-state index < -0.39 is 31.6 Å². The maximum atomic E-state index is 12.5. The minimum absolute atomic E-state index is 0.0117. The largest absolute Gasteiger partial charge is 0.396 e. The fraction of sp³-hybridized carbons (Fsp3) is 0.783. The summed E-state index contributed by atoms with van der Waals surface area (Å²) >= 11 is 0. The van der Waals surface area contributed by atoms with Crippen LogP contribution in [0, 0.1) is 24.2 Å². The van der Waals surface area contributed by atoms with Crippen LogP contribution in [0.4, 0.5) is 0 Å². The number of H-pyrrole nitrogens is 1. The third-order valence-corrected chi connectivity index (χ3v) is 8.17. The molecule has 1 saturated heterocycles. The fourth-order valence-electron chi connectivity index (χ4n) is 4.33. The van der Waals surface area contributed by atoms with E-state index in [1.54, 1.807) is 6.92 Å². The molecule has 1 aromatic heterocycles. The second-order valence-corrected chi connectivity index (χ2v) is 10.9. The number of hydrogen-bond donors (Lipinski definition) is 2. The van der Waals surface area contributed by atoms with Crippen LogP contribution in [0.3, 0.4) is 0 Å². The van der Waals surface area contributed by atoms with E-state index in [0.29, 0.717) is 24.8 Å². The molecule has 0 spiro atoms. The Labute approximate surface area is 202 Å². The summed E-state index contributed by atoms with van der Waals surface area (Å²) in [5, 5.41) is 18.5. The molecule has 192 valence electrons. The van der Waals surface area contributed by atoms with Crippen molar-refractivity contribution in [2.24, 2.45) is 5.92 Å². The van der Waals surface area contributed by atoms with Crippen molar-refractivity contribution in [3.05, 3.63) is 32.6 Å². The molecule has 0 bridgehead atoms. The average molecular weight is 499 g/mol. The predicted octanol–water partition coefficient (Wildman–Crippen LogP) is 3.20. The first-order chi connectivity index (χ1) is 16.1. The van der Waals surface area contributed by atoms with E-state index >= 15 is 0 Å². The molecule has 0 saturated carbocycles. The van der Waals surface area contributed by atoms with Crippen LogP contribution in [-0.4, -0.2) is 56.8 Å². The number of nitriles is 1. The number of aliphatic hydroxyl groups is 1. The van der Waals surface area contributed by atoms with E-state index in [-0.39, 0.29) is 44.2 Å². The van der Waals surface area contributed by atoms with Gasteiger partial charge in [-0.3, -0.25) is 14.3 Å². The van der Waals surface area contributed by atoms with Gasteiger partial charge in [0.1, 0.15) is 6.23 Å². The summed E-state index contributed by atoms with van der Waals surface area (Å²) < 4.78 is 22.5. The lowest BCUT2D eigenvalue weighted by Gasteiger charge is -2.39. The second kappa shape index (κ2) is 12.9. The molecule has 4 atom stereocenters. The molecule has 1 fully saturated rings. The summed E-state index contributed by atoms with van der Waals surface area (Å²) in [6.07, 6.45) is 2.86. The minimum atomic E-state index is -1.46. The van der Waals surface area contributed by atoms with Gasteiger partial charge in [0.05, 0.1) is 31.3 Å². The van der Waals surface area contributed by atoms with E-state index in [0.717, 1.165) is 0 Å². The quantitative estimate of drug-likeness (QED) is 0.313. The normalized spacial score (nSPS) is 23.7. The smallest absolute Gasteiger partial charge is 0.330 e. The topological polar surface area (TPSA) is 130 Å². The van der Waals surface area contributed by atoms with Crippen molar-refractivity contribution in [3.8, 4) is 6.07 Å². The molecule has 1 aliphatic rings. The van der Waals surface area contributed by atoms with E-state index in [1.807, 2.05) is 6.92 Å². The molecule has 1 aliphatic heterocycles. The van der Waals surface area contributed by atoms with Gasteiger partial charge in [-0.15, -0.1) is 0 Å². The maximum Gasteiger partial charge on any atom is 0.330 e. The lowest BCUT2D eigenvalue weighted by Crippen LogP contribution is -2.42. The molecule has 2 N–H and O–H groups in total. The SMILES string of the molecule is Cc1cn([C@H]2C[C@H](C)[C@@](CCCO)(COP(OCCC#N)N(C(C)C)C(C)C)O2)c(=O)[nH]c1=O. The van der Waals surface area contributed by atoms with Gasteiger partial charge in [-0.2, -0.15) is 5.26 Å². The predicted molar refractivity (Wildman–Crippen MR) is 130 cm³/mol. The van der Waals surface area contributed by atoms with Crippen molar-refractivity contribution < 1.29 is 18.9 Å². The number of ether oxygens (including phenoxy) is 1. The van der Waals surface area contributed by atoms with Gasteiger partial charge in [0.25, 0.3) is 14.1 Å². The Morgan fingerprint density at radius 3 is 2.62 bits per heavy atom. The Kier molecular flexibility index (Phi) is 10.9. The van der Waals surface area contributed by atoms with Crippen molar-refractivity contribution >= 4 is 8.53 Å². The van der Waals surface area contributed by atoms with E-state index in [2.05, 4.69) is 43.4 Å². The zero-order chi connectivity index (χ0) is 25.5. The number of aromatic amines is 1. The highest BCUT2D eigenvalue weighted by Gasteiger charge is 2.48. The summed E-state index contributed by atoms with van der Waals surface area (Å²) in [7, 11) is -1.46.